The van der Waals surface area contributed by atoms with E-state index >= 15 is 0 Å². The van der Waals surface area contributed by atoms with Crippen LogP contribution in [0.2, 0.25) is 0 Å². The number of carbonyl (C=O) groups excluding carboxylic acids is 1. The average Bonchev–Trinajstić information content (AvgIpc) is 3.16. The van der Waals surface area contributed by atoms with E-state index in [1.165, 1.54) is 22.3 Å². The molecule has 1 saturated carbocycles. The summed E-state index contributed by atoms with van der Waals surface area (Å²) in [5, 5.41) is 11.8. The average molecular weight is 256 g/mol. The Kier molecular flexibility index (Phi) is 3.61. The lowest BCUT2D eigenvalue weighted by atomic mass is 9.99. The molecule has 0 spiro atoms. The number of nitrogens with one attached hydrogen (secondary N) is 1. The third-order valence-corrected chi connectivity index (χ3v) is 4.03. The molecule has 1 aromatic rings. The molecule has 0 atom stereocenters. The molecule has 1 aliphatic carbocycles. The normalized spacial score (nSPS) is 15.7. The van der Waals surface area contributed by atoms with Gasteiger partial charge in [0.05, 0.1) is 6.07 Å². The van der Waals surface area contributed by atoms with Gasteiger partial charge in [0.2, 0.25) is 5.91 Å². The third-order valence-electron chi connectivity index (χ3n) is 4.03. The van der Waals surface area contributed by atoms with Gasteiger partial charge in [0.1, 0.15) is 5.41 Å². The van der Waals surface area contributed by atoms with Crippen molar-refractivity contribution < 1.29 is 4.79 Å². The van der Waals surface area contributed by atoms with E-state index in [-0.39, 0.29) is 5.91 Å². The third kappa shape index (κ3) is 2.78. The first kappa shape index (κ1) is 13.6. The molecule has 3 nitrogen and oxygen atoms in total. The van der Waals surface area contributed by atoms with E-state index in [1.54, 1.807) is 0 Å². The van der Waals surface area contributed by atoms with E-state index in [9.17, 15) is 4.79 Å². The lowest BCUT2D eigenvalue weighted by Gasteiger charge is -2.11. The van der Waals surface area contributed by atoms with Crippen LogP contribution in [-0.4, -0.2) is 12.5 Å². The minimum absolute atomic E-state index is 0.100. The predicted molar refractivity (Wildman–Crippen MR) is 74.6 cm³/mol. The molecule has 19 heavy (non-hydrogen) atoms. The van der Waals surface area contributed by atoms with Crippen molar-refractivity contribution in [2.75, 3.05) is 6.54 Å². The first-order chi connectivity index (χ1) is 8.98. The van der Waals surface area contributed by atoms with Crippen LogP contribution in [0.5, 0.6) is 0 Å². The van der Waals surface area contributed by atoms with Gasteiger partial charge in [0.25, 0.3) is 0 Å². The van der Waals surface area contributed by atoms with Crippen molar-refractivity contribution in [1.82, 2.24) is 5.32 Å². The number of nitrogens with zero attached hydrogens (tertiary/aromatic N) is 1. The maximum Gasteiger partial charge on any atom is 0.240 e. The molecule has 1 fully saturated rings. The summed E-state index contributed by atoms with van der Waals surface area (Å²) in [5.41, 5.74) is 4.40. The molecular weight excluding hydrogens is 236 g/mol. The van der Waals surface area contributed by atoms with Crippen LogP contribution in [0.15, 0.2) is 12.1 Å². The number of amides is 1. The molecule has 0 radical (unpaired) electrons. The zero-order chi connectivity index (χ0) is 14.0. The summed E-state index contributed by atoms with van der Waals surface area (Å²) in [6, 6.07) is 6.49. The molecule has 0 bridgehead atoms. The van der Waals surface area contributed by atoms with Crippen molar-refractivity contribution in [3.8, 4) is 6.07 Å². The van der Waals surface area contributed by atoms with Gasteiger partial charge in [0.15, 0.2) is 0 Å². The molecular formula is C16H20N2O. The summed E-state index contributed by atoms with van der Waals surface area (Å²) >= 11 is 0. The standard InChI is InChI=1S/C16H20N2O/c1-11-8-13(3)14(9-12(11)2)4-7-18-15(19)16(10-17)5-6-16/h8-9H,4-7H2,1-3H3,(H,18,19). The Labute approximate surface area is 114 Å². The van der Waals surface area contributed by atoms with Crippen molar-refractivity contribution >= 4 is 5.91 Å². The van der Waals surface area contributed by atoms with Crippen LogP contribution in [0, 0.1) is 37.5 Å². The molecule has 1 aromatic carbocycles. The Morgan fingerprint density at radius 1 is 1.26 bits per heavy atom. The van der Waals surface area contributed by atoms with Crippen LogP contribution in [-0.2, 0) is 11.2 Å². The molecule has 0 heterocycles. The maximum absolute atomic E-state index is 11.8. The summed E-state index contributed by atoms with van der Waals surface area (Å²) in [4.78, 5) is 11.8. The van der Waals surface area contributed by atoms with E-state index in [4.69, 9.17) is 5.26 Å². The molecule has 1 amide bonds. The van der Waals surface area contributed by atoms with Gasteiger partial charge in [0, 0.05) is 6.54 Å². The molecule has 2 rings (SSSR count). The Hall–Kier alpha value is -1.82. The van der Waals surface area contributed by atoms with Gasteiger partial charge in [-0.15, -0.1) is 0 Å². The van der Waals surface area contributed by atoms with Gasteiger partial charge in [-0.2, -0.15) is 5.26 Å². The van der Waals surface area contributed by atoms with Crippen LogP contribution >= 0.6 is 0 Å². The molecule has 100 valence electrons. The molecule has 0 unspecified atom stereocenters. The van der Waals surface area contributed by atoms with E-state index < -0.39 is 5.41 Å². The van der Waals surface area contributed by atoms with Crippen LogP contribution in [0.3, 0.4) is 0 Å². The summed E-state index contributed by atoms with van der Waals surface area (Å²) < 4.78 is 0. The summed E-state index contributed by atoms with van der Waals surface area (Å²) in [7, 11) is 0. The number of hydrogen-bond acceptors (Lipinski definition) is 2. The number of nitriles is 1. The van der Waals surface area contributed by atoms with E-state index in [1.807, 2.05) is 0 Å². The van der Waals surface area contributed by atoms with Crippen molar-refractivity contribution in [1.29, 1.82) is 5.26 Å². The van der Waals surface area contributed by atoms with Gasteiger partial charge in [-0.05, 0) is 62.3 Å². The Balaban J connectivity index is 1.92. The number of hydrogen-bond donors (Lipinski definition) is 1. The number of carbonyl (C=O) groups is 1. The van der Waals surface area contributed by atoms with Crippen molar-refractivity contribution in [3.63, 3.8) is 0 Å². The van der Waals surface area contributed by atoms with Crippen molar-refractivity contribution in [2.45, 2.75) is 40.0 Å². The highest BCUT2D eigenvalue weighted by Gasteiger charge is 2.50. The fourth-order valence-corrected chi connectivity index (χ4v) is 2.28. The molecule has 0 aromatic heterocycles. The second-order valence-corrected chi connectivity index (χ2v) is 5.56. The summed E-state index contributed by atoms with van der Waals surface area (Å²) in [6.07, 6.45) is 2.23. The molecule has 0 aliphatic heterocycles. The summed E-state index contributed by atoms with van der Waals surface area (Å²) in [5.74, 6) is -0.100. The highest BCUT2D eigenvalue weighted by Crippen LogP contribution is 2.44. The highest BCUT2D eigenvalue weighted by molar-refractivity contribution is 5.88. The minimum Gasteiger partial charge on any atom is -0.354 e. The van der Waals surface area contributed by atoms with E-state index in [0.29, 0.717) is 19.4 Å². The van der Waals surface area contributed by atoms with Crippen LogP contribution in [0.4, 0.5) is 0 Å². The van der Waals surface area contributed by atoms with Gasteiger partial charge in [-0.25, -0.2) is 0 Å². The Bertz CT molecular complexity index is 551. The second kappa shape index (κ2) is 5.05. The smallest absolute Gasteiger partial charge is 0.240 e. The lowest BCUT2D eigenvalue weighted by Crippen LogP contribution is -2.32. The van der Waals surface area contributed by atoms with E-state index in [2.05, 4.69) is 44.3 Å². The van der Waals surface area contributed by atoms with Crippen LogP contribution < -0.4 is 5.32 Å². The lowest BCUT2D eigenvalue weighted by molar-refractivity contribution is -0.124. The molecule has 3 heteroatoms. The van der Waals surface area contributed by atoms with Crippen molar-refractivity contribution in [2.24, 2.45) is 5.41 Å². The SMILES string of the molecule is Cc1cc(C)c(CCNC(=O)C2(C#N)CC2)cc1C. The molecule has 1 N–H and O–H groups in total. The Morgan fingerprint density at radius 2 is 1.89 bits per heavy atom. The largest absolute Gasteiger partial charge is 0.354 e. The Morgan fingerprint density at radius 3 is 2.47 bits per heavy atom. The molecule has 1 aliphatic rings. The zero-order valence-corrected chi connectivity index (χ0v) is 11.8. The van der Waals surface area contributed by atoms with E-state index in [0.717, 1.165) is 6.42 Å². The number of aryl methyl sites for hydroxylation is 3. The van der Waals surface area contributed by atoms with Crippen LogP contribution in [0.25, 0.3) is 0 Å². The number of rotatable bonds is 4. The first-order valence-electron chi connectivity index (χ1n) is 6.75. The minimum atomic E-state index is -0.710. The fourth-order valence-electron chi connectivity index (χ4n) is 2.28. The van der Waals surface area contributed by atoms with Gasteiger partial charge < -0.3 is 5.32 Å². The van der Waals surface area contributed by atoms with Gasteiger partial charge in [-0.3, -0.25) is 4.79 Å². The molecule has 0 saturated heterocycles. The first-order valence-corrected chi connectivity index (χ1v) is 6.75. The fraction of sp³-hybridized carbons (Fsp3) is 0.500. The van der Waals surface area contributed by atoms with Crippen molar-refractivity contribution in [3.05, 3.63) is 34.4 Å². The quantitative estimate of drug-likeness (QED) is 0.900. The van der Waals surface area contributed by atoms with Gasteiger partial charge in [-0.1, -0.05) is 12.1 Å². The van der Waals surface area contributed by atoms with Crippen LogP contribution in [0.1, 0.15) is 35.1 Å². The maximum atomic E-state index is 11.8. The monoisotopic (exact) mass is 256 g/mol. The zero-order valence-electron chi connectivity index (χ0n) is 11.8. The predicted octanol–water partition coefficient (Wildman–Crippen LogP) is 2.57. The summed E-state index contributed by atoms with van der Waals surface area (Å²) in [6.45, 7) is 6.91. The topological polar surface area (TPSA) is 52.9 Å². The highest BCUT2D eigenvalue weighted by atomic mass is 16.2. The van der Waals surface area contributed by atoms with Gasteiger partial charge >= 0.3 is 0 Å². The second-order valence-electron chi connectivity index (χ2n) is 5.56. The number of benzene rings is 1.